The van der Waals surface area contributed by atoms with Crippen molar-refractivity contribution < 1.29 is 9.84 Å². The predicted octanol–water partition coefficient (Wildman–Crippen LogP) is 2.02. The molecule has 0 heterocycles. The van der Waals surface area contributed by atoms with Crippen molar-refractivity contribution in [3.63, 3.8) is 0 Å². The molecule has 16 heavy (non-hydrogen) atoms. The molecule has 0 saturated carbocycles. The number of nitrogens with two attached hydrogens (primary N) is 1. The van der Waals surface area contributed by atoms with E-state index < -0.39 is 0 Å². The molecule has 1 rings (SSSR count). The van der Waals surface area contributed by atoms with Gasteiger partial charge in [0.15, 0.2) is 0 Å². The summed E-state index contributed by atoms with van der Waals surface area (Å²) >= 11 is 0. The summed E-state index contributed by atoms with van der Waals surface area (Å²) in [5.74, 6) is 0.969. The van der Waals surface area contributed by atoms with Crippen LogP contribution in [0.5, 0.6) is 5.75 Å². The van der Waals surface area contributed by atoms with Crippen molar-refractivity contribution >= 4 is 0 Å². The molecule has 2 atom stereocenters. The maximum atomic E-state index is 8.94. The van der Waals surface area contributed by atoms with Crippen molar-refractivity contribution in [3.8, 4) is 5.75 Å². The summed E-state index contributed by atoms with van der Waals surface area (Å²) in [7, 11) is 0. The van der Waals surface area contributed by atoms with Gasteiger partial charge < -0.3 is 15.6 Å². The van der Waals surface area contributed by atoms with Crippen LogP contribution in [0.15, 0.2) is 18.2 Å². The van der Waals surface area contributed by atoms with Crippen LogP contribution in [-0.2, 0) is 0 Å². The largest absolute Gasteiger partial charge is 0.493 e. The third-order valence-corrected chi connectivity index (χ3v) is 2.49. The lowest BCUT2D eigenvalue weighted by atomic mass is 10.1. The highest BCUT2D eigenvalue weighted by molar-refractivity contribution is 5.38. The number of ether oxygens (including phenoxy) is 1. The summed E-state index contributed by atoms with van der Waals surface area (Å²) < 4.78 is 5.69. The second-order valence-corrected chi connectivity index (χ2v) is 4.43. The molecule has 90 valence electrons. The molecule has 3 nitrogen and oxygen atoms in total. The van der Waals surface area contributed by atoms with Crippen LogP contribution in [0.2, 0.25) is 0 Å². The first-order chi connectivity index (χ1) is 7.54. The van der Waals surface area contributed by atoms with E-state index in [1.54, 1.807) is 0 Å². The fourth-order valence-corrected chi connectivity index (χ4v) is 1.43. The number of aliphatic hydroxyl groups excluding tert-OH is 1. The third kappa shape index (κ3) is 3.51. The van der Waals surface area contributed by atoms with Crippen molar-refractivity contribution in [2.24, 2.45) is 11.7 Å². The first kappa shape index (κ1) is 13.0. The van der Waals surface area contributed by atoms with E-state index in [1.807, 2.05) is 39.0 Å². The van der Waals surface area contributed by atoms with Crippen LogP contribution in [0.25, 0.3) is 0 Å². The fourth-order valence-electron chi connectivity index (χ4n) is 1.43. The van der Waals surface area contributed by atoms with Crippen LogP contribution in [0.3, 0.4) is 0 Å². The number of rotatable bonds is 5. The maximum Gasteiger partial charge on any atom is 0.124 e. The molecular weight excluding hydrogens is 202 g/mol. The first-order valence-electron chi connectivity index (χ1n) is 5.64. The Morgan fingerprint density at radius 2 is 2.06 bits per heavy atom. The SMILES string of the molecule is Cc1ccc([C@@H](C)N)c(OCC(C)CO)c1. The average molecular weight is 223 g/mol. The lowest BCUT2D eigenvalue weighted by Gasteiger charge is -2.16. The Labute approximate surface area is 97.2 Å². The average Bonchev–Trinajstić information content (AvgIpc) is 2.25. The minimum Gasteiger partial charge on any atom is -0.493 e. The summed E-state index contributed by atoms with van der Waals surface area (Å²) in [6.45, 7) is 6.56. The molecule has 1 aromatic carbocycles. The van der Waals surface area contributed by atoms with E-state index in [2.05, 4.69) is 0 Å². The molecule has 3 heteroatoms. The molecule has 0 aromatic heterocycles. The summed E-state index contributed by atoms with van der Waals surface area (Å²) in [5, 5.41) is 8.94. The van der Waals surface area contributed by atoms with E-state index in [1.165, 1.54) is 0 Å². The van der Waals surface area contributed by atoms with Gasteiger partial charge in [-0.25, -0.2) is 0 Å². The minimum atomic E-state index is -0.0416. The molecule has 0 amide bonds. The summed E-state index contributed by atoms with van der Waals surface area (Å²) in [5.41, 5.74) is 8.03. The molecule has 0 radical (unpaired) electrons. The zero-order valence-corrected chi connectivity index (χ0v) is 10.2. The Kier molecular flexibility index (Phi) is 4.77. The summed E-state index contributed by atoms with van der Waals surface area (Å²) in [6, 6.07) is 5.97. The van der Waals surface area contributed by atoms with Gasteiger partial charge in [-0.2, -0.15) is 0 Å². The summed E-state index contributed by atoms with van der Waals surface area (Å²) in [4.78, 5) is 0. The van der Waals surface area contributed by atoms with Crippen molar-refractivity contribution in [1.29, 1.82) is 0 Å². The molecule has 1 aromatic rings. The Morgan fingerprint density at radius 1 is 1.38 bits per heavy atom. The predicted molar refractivity (Wildman–Crippen MR) is 65.5 cm³/mol. The van der Waals surface area contributed by atoms with Gasteiger partial charge in [-0.05, 0) is 25.5 Å². The second-order valence-electron chi connectivity index (χ2n) is 4.43. The molecular formula is C13H21NO2. The number of hydrogen-bond donors (Lipinski definition) is 2. The van der Waals surface area contributed by atoms with E-state index in [0.717, 1.165) is 16.9 Å². The van der Waals surface area contributed by atoms with Crippen molar-refractivity contribution in [1.82, 2.24) is 0 Å². The Hall–Kier alpha value is -1.06. The number of aryl methyl sites for hydroxylation is 1. The van der Waals surface area contributed by atoms with E-state index >= 15 is 0 Å². The zero-order valence-electron chi connectivity index (χ0n) is 10.2. The topological polar surface area (TPSA) is 55.5 Å². The highest BCUT2D eigenvalue weighted by Crippen LogP contribution is 2.25. The highest BCUT2D eigenvalue weighted by atomic mass is 16.5. The van der Waals surface area contributed by atoms with Gasteiger partial charge in [0.25, 0.3) is 0 Å². The van der Waals surface area contributed by atoms with Crippen LogP contribution < -0.4 is 10.5 Å². The Bertz CT molecular complexity index is 337. The molecule has 0 spiro atoms. The smallest absolute Gasteiger partial charge is 0.124 e. The van der Waals surface area contributed by atoms with Gasteiger partial charge in [-0.1, -0.05) is 19.1 Å². The standard InChI is InChI=1S/C13H21NO2/c1-9-4-5-12(11(3)14)13(6-9)16-8-10(2)7-15/h4-6,10-11,15H,7-8,14H2,1-3H3/t10?,11-/m1/s1. The monoisotopic (exact) mass is 223 g/mol. The van der Waals surface area contributed by atoms with Crippen LogP contribution in [0, 0.1) is 12.8 Å². The highest BCUT2D eigenvalue weighted by Gasteiger charge is 2.09. The molecule has 0 aliphatic rings. The third-order valence-electron chi connectivity index (χ3n) is 2.49. The lowest BCUT2D eigenvalue weighted by molar-refractivity contribution is 0.173. The van der Waals surface area contributed by atoms with Gasteiger partial charge in [0.2, 0.25) is 0 Å². The first-order valence-corrected chi connectivity index (χ1v) is 5.64. The van der Waals surface area contributed by atoms with Gasteiger partial charge in [-0.3, -0.25) is 0 Å². The van der Waals surface area contributed by atoms with E-state index in [0.29, 0.717) is 6.61 Å². The van der Waals surface area contributed by atoms with Gasteiger partial charge >= 0.3 is 0 Å². The van der Waals surface area contributed by atoms with E-state index in [9.17, 15) is 0 Å². The second kappa shape index (κ2) is 5.87. The van der Waals surface area contributed by atoms with Gasteiger partial charge in [-0.15, -0.1) is 0 Å². The van der Waals surface area contributed by atoms with Gasteiger partial charge in [0.05, 0.1) is 6.61 Å². The molecule has 0 aliphatic carbocycles. The molecule has 0 aliphatic heterocycles. The zero-order chi connectivity index (χ0) is 12.1. The Morgan fingerprint density at radius 3 is 2.62 bits per heavy atom. The number of hydrogen-bond acceptors (Lipinski definition) is 3. The Balaban J connectivity index is 2.80. The van der Waals surface area contributed by atoms with Crippen LogP contribution in [0.4, 0.5) is 0 Å². The fraction of sp³-hybridized carbons (Fsp3) is 0.538. The van der Waals surface area contributed by atoms with Gasteiger partial charge in [0.1, 0.15) is 5.75 Å². The molecule has 3 N–H and O–H groups in total. The molecule has 0 fully saturated rings. The quantitative estimate of drug-likeness (QED) is 0.803. The number of benzene rings is 1. The lowest BCUT2D eigenvalue weighted by Crippen LogP contribution is -2.14. The minimum absolute atomic E-state index is 0.0416. The van der Waals surface area contributed by atoms with Crippen LogP contribution >= 0.6 is 0 Å². The van der Waals surface area contributed by atoms with Crippen molar-refractivity contribution in [2.45, 2.75) is 26.8 Å². The van der Waals surface area contributed by atoms with E-state index in [-0.39, 0.29) is 18.6 Å². The van der Waals surface area contributed by atoms with E-state index in [4.69, 9.17) is 15.6 Å². The maximum absolute atomic E-state index is 8.94. The van der Waals surface area contributed by atoms with Crippen molar-refractivity contribution in [3.05, 3.63) is 29.3 Å². The van der Waals surface area contributed by atoms with Crippen molar-refractivity contribution in [2.75, 3.05) is 13.2 Å². The normalized spacial score (nSPS) is 14.6. The summed E-state index contributed by atoms with van der Waals surface area (Å²) in [6.07, 6.45) is 0. The van der Waals surface area contributed by atoms with Crippen LogP contribution in [0.1, 0.15) is 31.0 Å². The van der Waals surface area contributed by atoms with Gasteiger partial charge in [0, 0.05) is 24.1 Å². The molecule has 0 saturated heterocycles. The number of aliphatic hydroxyl groups is 1. The molecule has 0 bridgehead atoms. The van der Waals surface area contributed by atoms with Crippen LogP contribution in [-0.4, -0.2) is 18.3 Å². The molecule has 1 unspecified atom stereocenters.